The molecule has 0 unspecified atom stereocenters. The van der Waals surface area contributed by atoms with Gasteiger partial charge in [0.05, 0.1) is 11.6 Å². The minimum Gasteiger partial charge on any atom is -0.398 e. The minimum absolute atomic E-state index is 0.634. The molecule has 0 aromatic heterocycles. The molecule has 16 heavy (non-hydrogen) atoms. The standard InChI is InChI=1S/C12H12N2.C2H6/c1-3-5-11-10(4-2)9(8-13)6-7-12(11)14;1-2/h3-7H,1,14H2,2H3;1-2H3/b10-4-,11-5+;. The van der Waals surface area contributed by atoms with Gasteiger partial charge >= 0.3 is 0 Å². The van der Waals surface area contributed by atoms with Crippen LogP contribution in [0.1, 0.15) is 26.3 Å². The zero-order valence-electron chi connectivity index (χ0n) is 10.1. The van der Waals surface area contributed by atoms with Crippen LogP contribution in [0.15, 0.2) is 24.8 Å². The molecular formula is C14H18N2. The molecule has 1 rings (SSSR count). The average Bonchev–Trinajstić information content (AvgIpc) is 2.34. The predicted octanol–water partition coefficient (Wildman–Crippen LogP) is 1.93. The van der Waals surface area contributed by atoms with Gasteiger partial charge in [0.15, 0.2) is 0 Å². The minimum atomic E-state index is 0.634. The molecule has 0 radical (unpaired) electrons. The first kappa shape index (κ1) is 14.0. The number of nitrogens with two attached hydrogens (primary N) is 1. The van der Waals surface area contributed by atoms with Crippen molar-refractivity contribution < 1.29 is 0 Å². The van der Waals surface area contributed by atoms with Crippen LogP contribution in [-0.4, -0.2) is 0 Å². The molecule has 2 heteroatoms. The van der Waals surface area contributed by atoms with E-state index < -0.39 is 0 Å². The number of anilines is 1. The number of benzene rings is 1. The summed E-state index contributed by atoms with van der Waals surface area (Å²) >= 11 is 0. The van der Waals surface area contributed by atoms with Gasteiger partial charge in [-0.05, 0) is 24.3 Å². The van der Waals surface area contributed by atoms with Gasteiger partial charge in [0, 0.05) is 10.9 Å². The lowest BCUT2D eigenvalue weighted by molar-refractivity contribution is 1.42. The molecule has 0 aliphatic heterocycles. The van der Waals surface area contributed by atoms with Gasteiger partial charge in [-0.15, -0.1) is 0 Å². The van der Waals surface area contributed by atoms with Crippen LogP contribution in [0.3, 0.4) is 0 Å². The highest BCUT2D eigenvalue weighted by Crippen LogP contribution is 1.93. The Kier molecular flexibility index (Phi) is 6.39. The Balaban J connectivity index is 0.00000106. The van der Waals surface area contributed by atoms with E-state index in [9.17, 15) is 0 Å². The van der Waals surface area contributed by atoms with Gasteiger partial charge in [-0.2, -0.15) is 5.26 Å². The van der Waals surface area contributed by atoms with Crippen molar-refractivity contribution in [3.63, 3.8) is 0 Å². The Morgan fingerprint density at radius 3 is 2.38 bits per heavy atom. The fourth-order valence-electron chi connectivity index (χ4n) is 1.37. The molecule has 0 atom stereocenters. The zero-order chi connectivity index (χ0) is 12.6. The lowest BCUT2D eigenvalue weighted by Crippen LogP contribution is -2.30. The summed E-state index contributed by atoms with van der Waals surface area (Å²) in [5.74, 6) is 0. The first-order valence-electron chi connectivity index (χ1n) is 5.32. The number of nitrogen functional groups attached to an aromatic ring is 1. The van der Waals surface area contributed by atoms with Gasteiger partial charge in [0.1, 0.15) is 0 Å². The third-order valence-corrected chi connectivity index (χ3v) is 2.01. The highest BCUT2D eigenvalue weighted by atomic mass is 14.5. The van der Waals surface area contributed by atoms with Crippen molar-refractivity contribution in [1.29, 1.82) is 5.26 Å². The van der Waals surface area contributed by atoms with E-state index >= 15 is 0 Å². The van der Waals surface area contributed by atoms with E-state index in [1.54, 1.807) is 18.2 Å². The summed E-state index contributed by atoms with van der Waals surface area (Å²) in [6, 6.07) is 5.60. The van der Waals surface area contributed by atoms with Crippen LogP contribution in [0.2, 0.25) is 0 Å². The highest BCUT2D eigenvalue weighted by Gasteiger charge is 1.96. The molecule has 0 aliphatic carbocycles. The first-order valence-corrected chi connectivity index (χ1v) is 5.32. The molecule has 0 aliphatic rings. The van der Waals surface area contributed by atoms with Crippen molar-refractivity contribution in [2.24, 2.45) is 0 Å². The highest BCUT2D eigenvalue weighted by molar-refractivity contribution is 5.54. The van der Waals surface area contributed by atoms with Crippen molar-refractivity contribution in [2.75, 3.05) is 5.73 Å². The Bertz CT molecular complexity index is 505. The molecule has 0 fully saturated rings. The maximum Gasteiger partial charge on any atom is 0.0998 e. The lowest BCUT2D eigenvalue weighted by atomic mass is 10.1. The summed E-state index contributed by atoms with van der Waals surface area (Å²) in [6.45, 7) is 9.51. The quantitative estimate of drug-likeness (QED) is 0.726. The molecule has 0 heterocycles. The Morgan fingerprint density at radius 2 is 1.94 bits per heavy atom. The molecule has 0 saturated carbocycles. The summed E-state index contributed by atoms with van der Waals surface area (Å²) in [4.78, 5) is 0. The number of rotatable bonds is 1. The number of nitriles is 1. The fourth-order valence-corrected chi connectivity index (χ4v) is 1.37. The van der Waals surface area contributed by atoms with Crippen molar-refractivity contribution >= 4 is 17.8 Å². The van der Waals surface area contributed by atoms with Crippen LogP contribution in [0.4, 0.5) is 5.69 Å². The van der Waals surface area contributed by atoms with E-state index in [2.05, 4.69) is 12.6 Å². The molecule has 0 amide bonds. The van der Waals surface area contributed by atoms with Crippen LogP contribution in [0.5, 0.6) is 0 Å². The van der Waals surface area contributed by atoms with Crippen LogP contribution in [-0.2, 0) is 0 Å². The topological polar surface area (TPSA) is 49.8 Å². The van der Waals surface area contributed by atoms with E-state index in [-0.39, 0.29) is 0 Å². The SMILES string of the molecule is C=C/C=c1/c(N)ccc(C#N)/c1=C/C.CC. The Labute approximate surface area is 97.0 Å². The smallest absolute Gasteiger partial charge is 0.0998 e. The van der Waals surface area contributed by atoms with Crippen molar-refractivity contribution in [1.82, 2.24) is 0 Å². The molecular weight excluding hydrogens is 196 g/mol. The number of hydrogen-bond acceptors (Lipinski definition) is 2. The molecule has 0 spiro atoms. The summed E-state index contributed by atoms with van der Waals surface area (Å²) < 4.78 is 0. The molecule has 2 nitrogen and oxygen atoms in total. The van der Waals surface area contributed by atoms with Gasteiger partial charge in [-0.25, -0.2) is 0 Å². The Hall–Kier alpha value is -2.01. The predicted molar refractivity (Wildman–Crippen MR) is 71.0 cm³/mol. The monoisotopic (exact) mass is 214 g/mol. The molecule has 1 aromatic carbocycles. The maximum absolute atomic E-state index is 8.88. The second-order valence-corrected chi connectivity index (χ2v) is 2.83. The molecule has 0 bridgehead atoms. The summed E-state index contributed by atoms with van der Waals surface area (Å²) in [5, 5.41) is 10.6. The first-order chi connectivity index (χ1) is 7.74. The number of allylic oxidation sites excluding steroid dienone is 1. The van der Waals surface area contributed by atoms with Crippen LogP contribution in [0.25, 0.3) is 12.2 Å². The summed E-state index contributed by atoms with van der Waals surface area (Å²) in [6.07, 6.45) is 5.36. The van der Waals surface area contributed by atoms with Gasteiger partial charge < -0.3 is 5.73 Å². The summed E-state index contributed by atoms with van der Waals surface area (Å²) in [7, 11) is 0. The molecule has 84 valence electrons. The van der Waals surface area contributed by atoms with Gasteiger partial charge in [-0.1, -0.05) is 38.7 Å². The average molecular weight is 214 g/mol. The van der Waals surface area contributed by atoms with Gasteiger partial charge in [-0.3, -0.25) is 0 Å². The van der Waals surface area contributed by atoms with E-state index in [1.807, 2.05) is 32.9 Å². The van der Waals surface area contributed by atoms with Crippen molar-refractivity contribution in [2.45, 2.75) is 20.8 Å². The largest absolute Gasteiger partial charge is 0.398 e. The number of hydrogen-bond donors (Lipinski definition) is 1. The van der Waals surface area contributed by atoms with E-state index in [1.165, 1.54) is 0 Å². The summed E-state index contributed by atoms with van der Waals surface area (Å²) in [5.41, 5.74) is 7.10. The van der Waals surface area contributed by atoms with Gasteiger partial charge in [0.2, 0.25) is 0 Å². The van der Waals surface area contributed by atoms with E-state index in [0.29, 0.717) is 11.3 Å². The van der Waals surface area contributed by atoms with Crippen LogP contribution >= 0.6 is 0 Å². The third kappa shape index (κ3) is 2.99. The second kappa shape index (κ2) is 7.30. The van der Waals surface area contributed by atoms with E-state index in [0.717, 1.165) is 10.4 Å². The maximum atomic E-state index is 8.88. The van der Waals surface area contributed by atoms with Crippen LogP contribution < -0.4 is 16.2 Å². The third-order valence-electron chi connectivity index (χ3n) is 2.01. The molecule has 2 N–H and O–H groups in total. The fraction of sp³-hybridized carbons (Fsp3) is 0.214. The van der Waals surface area contributed by atoms with Gasteiger partial charge in [0.25, 0.3) is 0 Å². The van der Waals surface area contributed by atoms with Crippen molar-refractivity contribution in [3.05, 3.63) is 40.8 Å². The van der Waals surface area contributed by atoms with E-state index in [4.69, 9.17) is 11.0 Å². The number of nitrogens with zero attached hydrogens (tertiary/aromatic N) is 1. The molecule has 0 saturated heterocycles. The zero-order valence-corrected chi connectivity index (χ0v) is 10.1. The lowest BCUT2D eigenvalue weighted by Gasteiger charge is -1.97. The Morgan fingerprint density at radius 1 is 1.31 bits per heavy atom. The molecule has 1 aromatic rings. The van der Waals surface area contributed by atoms with Crippen LogP contribution in [0, 0.1) is 11.3 Å². The van der Waals surface area contributed by atoms with Crippen molar-refractivity contribution in [3.8, 4) is 6.07 Å². The second-order valence-electron chi connectivity index (χ2n) is 2.83. The normalized spacial score (nSPS) is 11.4.